The number of rotatable bonds is 8. The van der Waals surface area contributed by atoms with Gasteiger partial charge in [0.1, 0.15) is 0 Å². The maximum Gasteiger partial charge on any atom is 0.247 e. The van der Waals surface area contributed by atoms with Gasteiger partial charge in [0.15, 0.2) is 0 Å². The molecule has 0 aromatic carbocycles. The first kappa shape index (κ1) is 15.2. The Morgan fingerprint density at radius 2 is 2.00 bits per heavy atom. The largest absolute Gasteiger partial charge is 0.305 e. The molecule has 1 N–H and O–H groups in total. The van der Waals surface area contributed by atoms with Gasteiger partial charge in [0, 0.05) is 6.04 Å². The van der Waals surface area contributed by atoms with Crippen LogP contribution in [0, 0.1) is 0 Å². The van der Waals surface area contributed by atoms with Crippen LogP contribution in [0.4, 0.5) is 0 Å². The number of unbranched alkanes of at least 4 members (excludes halogenated alkanes) is 3. The van der Waals surface area contributed by atoms with E-state index in [4.69, 9.17) is 0 Å². The zero-order valence-electron chi connectivity index (χ0n) is 11.9. The lowest BCUT2D eigenvalue weighted by atomic mass is 10.2. The Morgan fingerprint density at radius 3 is 2.61 bits per heavy atom. The summed E-state index contributed by atoms with van der Waals surface area (Å²) in [4.78, 5) is 25.3. The molecule has 0 radical (unpaired) electrons. The smallest absolute Gasteiger partial charge is 0.247 e. The number of amides is 2. The monoisotopic (exact) mass is 254 g/mol. The number of imide groups is 1. The van der Waals surface area contributed by atoms with Crippen molar-refractivity contribution in [1.82, 2.24) is 10.2 Å². The zero-order valence-corrected chi connectivity index (χ0v) is 11.9. The van der Waals surface area contributed by atoms with Crippen LogP contribution >= 0.6 is 0 Å². The van der Waals surface area contributed by atoms with Crippen molar-refractivity contribution < 1.29 is 9.59 Å². The molecular weight excluding hydrogens is 228 g/mol. The third-order valence-electron chi connectivity index (χ3n) is 3.64. The molecular formula is C14H26N2O2. The fraction of sp³-hybridized carbons (Fsp3) is 0.857. The summed E-state index contributed by atoms with van der Waals surface area (Å²) >= 11 is 0. The summed E-state index contributed by atoms with van der Waals surface area (Å²) in [5.41, 5.74) is 0. The second-order valence-corrected chi connectivity index (χ2v) is 5.13. The molecule has 0 aromatic heterocycles. The third kappa shape index (κ3) is 3.80. The number of carbonyl (C=O) groups is 2. The van der Waals surface area contributed by atoms with Crippen LogP contribution < -0.4 is 5.32 Å². The van der Waals surface area contributed by atoms with Crippen molar-refractivity contribution in [2.75, 3.05) is 6.54 Å². The van der Waals surface area contributed by atoms with Gasteiger partial charge in [-0.3, -0.25) is 14.5 Å². The molecule has 2 atom stereocenters. The highest BCUT2D eigenvalue weighted by atomic mass is 16.2. The summed E-state index contributed by atoms with van der Waals surface area (Å²) < 4.78 is 0. The van der Waals surface area contributed by atoms with E-state index in [-0.39, 0.29) is 23.9 Å². The van der Waals surface area contributed by atoms with Crippen LogP contribution in [0.15, 0.2) is 0 Å². The molecule has 1 fully saturated rings. The molecule has 2 unspecified atom stereocenters. The fourth-order valence-corrected chi connectivity index (χ4v) is 2.28. The minimum absolute atomic E-state index is 0.0249. The van der Waals surface area contributed by atoms with Gasteiger partial charge in [-0.2, -0.15) is 0 Å². The number of hydrogen-bond acceptors (Lipinski definition) is 3. The van der Waals surface area contributed by atoms with Crippen LogP contribution in [0.3, 0.4) is 0 Å². The SMILES string of the molecule is CCCCCCNC1CC(=O)N(C(C)CC)C1=O. The standard InChI is InChI=1S/C14H26N2O2/c1-4-6-7-8-9-15-12-10-13(17)16(14(12)18)11(3)5-2/h11-12,15H,4-10H2,1-3H3. The summed E-state index contributed by atoms with van der Waals surface area (Å²) in [6.45, 7) is 6.94. The summed E-state index contributed by atoms with van der Waals surface area (Å²) in [5.74, 6) is -0.0646. The van der Waals surface area contributed by atoms with Gasteiger partial charge in [0.25, 0.3) is 0 Å². The number of nitrogens with zero attached hydrogens (tertiary/aromatic N) is 1. The molecule has 1 heterocycles. The number of likely N-dealkylation sites (tertiary alicyclic amines) is 1. The van der Waals surface area contributed by atoms with Gasteiger partial charge < -0.3 is 5.32 Å². The number of nitrogens with one attached hydrogen (secondary N) is 1. The minimum Gasteiger partial charge on any atom is -0.305 e. The van der Waals surface area contributed by atoms with E-state index in [1.807, 2.05) is 13.8 Å². The van der Waals surface area contributed by atoms with Crippen molar-refractivity contribution in [3.63, 3.8) is 0 Å². The molecule has 1 aliphatic heterocycles. The predicted molar refractivity (Wildman–Crippen MR) is 72.2 cm³/mol. The topological polar surface area (TPSA) is 49.4 Å². The van der Waals surface area contributed by atoms with E-state index >= 15 is 0 Å². The van der Waals surface area contributed by atoms with Crippen molar-refractivity contribution in [1.29, 1.82) is 0 Å². The highest BCUT2D eigenvalue weighted by molar-refractivity contribution is 6.05. The van der Waals surface area contributed by atoms with Crippen molar-refractivity contribution >= 4 is 11.8 Å². The van der Waals surface area contributed by atoms with E-state index in [1.54, 1.807) is 0 Å². The lowest BCUT2D eigenvalue weighted by Crippen LogP contribution is -2.42. The minimum atomic E-state index is -0.284. The molecule has 18 heavy (non-hydrogen) atoms. The predicted octanol–water partition coefficient (Wildman–Crippen LogP) is 2.08. The van der Waals surface area contributed by atoms with E-state index in [2.05, 4.69) is 12.2 Å². The maximum atomic E-state index is 12.1. The Balaban J connectivity index is 2.36. The first-order valence-corrected chi connectivity index (χ1v) is 7.21. The van der Waals surface area contributed by atoms with Crippen molar-refractivity contribution in [2.24, 2.45) is 0 Å². The van der Waals surface area contributed by atoms with Crippen molar-refractivity contribution in [3.8, 4) is 0 Å². The van der Waals surface area contributed by atoms with E-state index < -0.39 is 0 Å². The molecule has 104 valence electrons. The van der Waals surface area contributed by atoms with Gasteiger partial charge in [0.05, 0.1) is 12.5 Å². The highest BCUT2D eigenvalue weighted by Gasteiger charge is 2.39. The van der Waals surface area contributed by atoms with Gasteiger partial charge >= 0.3 is 0 Å². The zero-order chi connectivity index (χ0) is 13.5. The molecule has 4 nitrogen and oxygen atoms in total. The fourth-order valence-electron chi connectivity index (χ4n) is 2.28. The molecule has 0 bridgehead atoms. The van der Waals surface area contributed by atoms with E-state index in [9.17, 15) is 9.59 Å². The quantitative estimate of drug-likeness (QED) is 0.533. The van der Waals surface area contributed by atoms with Gasteiger partial charge in [-0.1, -0.05) is 33.1 Å². The Bertz CT molecular complexity index is 292. The van der Waals surface area contributed by atoms with Crippen molar-refractivity contribution in [3.05, 3.63) is 0 Å². The average Bonchev–Trinajstić information content (AvgIpc) is 2.63. The summed E-state index contributed by atoms with van der Waals surface area (Å²) in [6, 6.07) is -0.259. The molecule has 1 saturated heterocycles. The molecule has 2 amide bonds. The second kappa shape index (κ2) is 7.52. The van der Waals surface area contributed by atoms with Crippen molar-refractivity contribution in [2.45, 2.75) is 71.4 Å². The second-order valence-electron chi connectivity index (χ2n) is 5.13. The highest BCUT2D eigenvalue weighted by Crippen LogP contribution is 2.17. The summed E-state index contributed by atoms with van der Waals surface area (Å²) in [7, 11) is 0. The molecule has 0 saturated carbocycles. The average molecular weight is 254 g/mol. The van der Waals surface area contributed by atoms with Gasteiger partial charge in [-0.25, -0.2) is 0 Å². The third-order valence-corrected chi connectivity index (χ3v) is 3.64. The number of carbonyl (C=O) groups excluding carboxylic acids is 2. The molecule has 0 spiro atoms. The van der Waals surface area contributed by atoms with E-state index in [0.29, 0.717) is 6.42 Å². The summed E-state index contributed by atoms with van der Waals surface area (Å²) in [6.07, 6.45) is 5.86. The van der Waals surface area contributed by atoms with Crippen LogP contribution in [-0.2, 0) is 9.59 Å². The number of hydrogen-bond donors (Lipinski definition) is 1. The van der Waals surface area contributed by atoms with E-state index in [0.717, 1.165) is 19.4 Å². The summed E-state index contributed by atoms with van der Waals surface area (Å²) in [5, 5.41) is 3.22. The van der Waals surface area contributed by atoms with Crippen LogP contribution in [0.1, 0.15) is 59.3 Å². The first-order valence-electron chi connectivity index (χ1n) is 7.21. The molecule has 0 aromatic rings. The molecule has 1 aliphatic rings. The first-order chi connectivity index (χ1) is 8.61. The molecule has 1 rings (SSSR count). The maximum absolute atomic E-state index is 12.1. The molecule has 4 heteroatoms. The Hall–Kier alpha value is -0.900. The normalized spacial score (nSPS) is 21.7. The lowest BCUT2D eigenvalue weighted by molar-refractivity contribution is -0.141. The Morgan fingerprint density at radius 1 is 1.28 bits per heavy atom. The van der Waals surface area contributed by atoms with Gasteiger partial charge in [0.2, 0.25) is 11.8 Å². The van der Waals surface area contributed by atoms with Gasteiger partial charge in [-0.05, 0) is 26.3 Å². The molecule has 0 aliphatic carbocycles. The lowest BCUT2D eigenvalue weighted by Gasteiger charge is -2.21. The van der Waals surface area contributed by atoms with Crippen LogP contribution in [-0.4, -0.2) is 35.3 Å². The van der Waals surface area contributed by atoms with Crippen LogP contribution in [0.2, 0.25) is 0 Å². The van der Waals surface area contributed by atoms with Crippen LogP contribution in [0.25, 0.3) is 0 Å². The Labute approximate surface area is 110 Å². The van der Waals surface area contributed by atoms with Crippen LogP contribution in [0.5, 0.6) is 0 Å². The van der Waals surface area contributed by atoms with E-state index in [1.165, 1.54) is 24.2 Å². The Kier molecular flexibility index (Phi) is 6.33. The van der Waals surface area contributed by atoms with Gasteiger partial charge in [-0.15, -0.1) is 0 Å².